The summed E-state index contributed by atoms with van der Waals surface area (Å²) in [5.74, 6) is 0. The van der Waals surface area contributed by atoms with Gasteiger partial charge in [0.1, 0.15) is 33.6 Å². The number of hydrogen-bond acceptors (Lipinski definition) is 2. The molecule has 7 heteroatoms. The van der Waals surface area contributed by atoms with E-state index < -0.39 is 0 Å². The van der Waals surface area contributed by atoms with Crippen molar-refractivity contribution in [3.05, 3.63) is 138 Å². The summed E-state index contributed by atoms with van der Waals surface area (Å²) in [5.41, 5.74) is 24.0. The number of imidazole rings is 2. The molecule has 0 fully saturated rings. The van der Waals surface area contributed by atoms with Gasteiger partial charge in [-0.3, -0.25) is 17.9 Å². The summed E-state index contributed by atoms with van der Waals surface area (Å²) in [4.78, 5) is 0. The largest absolute Gasteiger partial charge is 0.456 e. The van der Waals surface area contributed by atoms with Gasteiger partial charge >= 0.3 is 0 Å². The molecule has 0 atom stereocenters. The first kappa shape index (κ1) is 28.3. The lowest BCUT2D eigenvalue weighted by Crippen LogP contribution is -2.59. The second-order valence-corrected chi connectivity index (χ2v) is 16.1. The Hall–Kier alpha value is -7.12. The van der Waals surface area contributed by atoms with Crippen molar-refractivity contribution in [2.75, 3.05) is 0 Å². The summed E-state index contributed by atoms with van der Waals surface area (Å²) in [6.45, 7) is 6.97. The summed E-state index contributed by atoms with van der Waals surface area (Å²) in [6.07, 6.45) is 0. The highest BCUT2D eigenvalue weighted by Crippen LogP contribution is 2.45. The molecule has 0 saturated carbocycles. The zero-order chi connectivity index (χ0) is 36.5. The Balaban J connectivity index is 1.25. The first-order valence-corrected chi connectivity index (χ1v) is 19.5. The maximum absolute atomic E-state index is 6.58. The molecule has 8 heterocycles. The predicted molar refractivity (Wildman–Crippen MR) is 230 cm³/mol. The standard InChI is InChI=1S/C49H29BN4O2/c1-24-25(2)45-44-46(26(24)3)54-35-20-21-39-41(29-14-6-11-19-38(29)55-39)47(35)52-32-15-7-4-13-28(32)42(49(52)54)50(44)43-31-22-30-27-12-5-10-18-37(27)56-40(30)23-36(31)51-33-16-8-9-17-34(33)53(45)48(43)51/h4-23H,1-3H3. The van der Waals surface area contributed by atoms with E-state index in [-0.39, 0.29) is 6.71 Å². The average Bonchev–Trinajstić information content (AvgIpc) is 4.06. The number of rotatable bonds is 0. The second kappa shape index (κ2) is 9.04. The van der Waals surface area contributed by atoms with Crippen molar-refractivity contribution in [1.29, 1.82) is 0 Å². The van der Waals surface area contributed by atoms with Crippen molar-refractivity contribution in [2.24, 2.45) is 0 Å². The van der Waals surface area contributed by atoms with Gasteiger partial charge in [0.25, 0.3) is 6.71 Å². The van der Waals surface area contributed by atoms with Gasteiger partial charge in [-0.15, -0.1) is 0 Å². The molecule has 2 aliphatic rings. The van der Waals surface area contributed by atoms with Crippen LogP contribution in [0.2, 0.25) is 0 Å². The smallest absolute Gasteiger partial charge is 0.258 e. The average molecular weight is 717 g/mol. The van der Waals surface area contributed by atoms with Gasteiger partial charge in [0.2, 0.25) is 0 Å². The molecule has 0 bridgehead atoms. The van der Waals surface area contributed by atoms with E-state index in [1.54, 1.807) is 0 Å². The Bertz CT molecular complexity index is 4050. The fourth-order valence-electron chi connectivity index (χ4n) is 11.4. The molecule has 15 rings (SSSR count). The maximum atomic E-state index is 6.58. The van der Waals surface area contributed by atoms with Crippen molar-refractivity contribution in [1.82, 2.24) is 17.9 Å². The summed E-state index contributed by atoms with van der Waals surface area (Å²) in [7, 11) is 0. The lowest BCUT2D eigenvalue weighted by molar-refractivity contribution is 0.669. The van der Waals surface area contributed by atoms with Gasteiger partial charge in [-0.1, -0.05) is 66.7 Å². The van der Waals surface area contributed by atoms with Gasteiger partial charge in [0.15, 0.2) is 0 Å². The van der Waals surface area contributed by atoms with Crippen LogP contribution in [0.1, 0.15) is 16.7 Å². The van der Waals surface area contributed by atoms with Crippen LogP contribution in [0.15, 0.2) is 130 Å². The highest BCUT2D eigenvalue weighted by molar-refractivity contribution is 7.02. The van der Waals surface area contributed by atoms with Gasteiger partial charge in [-0.25, -0.2) is 0 Å². The normalized spacial score (nSPS) is 13.6. The van der Waals surface area contributed by atoms with Crippen molar-refractivity contribution < 1.29 is 8.83 Å². The number of fused-ring (bicyclic) bond motifs is 23. The molecule has 13 aromatic rings. The molecule has 0 unspecified atom stereocenters. The lowest BCUT2D eigenvalue weighted by Gasteiger charge is -2.34. The molecule has 6 nitrogen and oxygen atoms in total. The number of hydrogen-bond donors (Lipinski definition) is 0. The molecular formula is C49H29BN4O2. The fourth-order valence-corrected chi connectivity index (χ4v) is 11.4. The minimum Gasteiger partial charge on any atom is -0.456 e. The molecule has 0 radical (unpaired) electrons. The van der Waals surface area contributed by atoms with Crippen LogP contribution in [0.3, 0.4) is 0 Å². The molecule has 0 aliphatic carbocycles. The highest BCUT2D eigenvalue weighted by Gasteiger charge is 2.46. The van der Waals surface area contributed by atoms with E-state index in [4.69, 9.17) is 8.83 Å². The van der Waals surface area contributed by atoms with Gasteiger partial charge in [0.05, 0.1) is 38.5 Å². The van der Waals surface area contributed by atoms with Crippen molar-refractivity contribution in [3.63, 3.8) is 0 Å². The van der Waals surface area contributed by atoms with E-state index in [9.17, 15) is 0 Å². The van der Waals surface area contributed by atoms with E-state index in [0.29, 0.717) is 0 Å². The van der Waals surface area contributed by atoms with Crippen LogP contribution in [0.25, 0.3) is 110 Å². The quantitative estimate of drug-likeness (QED) is 0.147. The zero-order valence-electron chi connectivity index (χ0n) is 30.7. The topological polar surface area (TPSA) is 45.0 Å². The van der Waals surface area contributed by atoms with Gasteiger partial charge in [-0.2, -0.15) is 0 Å². The summed E-state index contributed by atoms with van der Waals surface area (Å²) >= 11 is 0. The van der Waals surface area contributed by atoms with Crippen LogP contribution >= 0.6 is 0 Å². The van der Waals surface area contributed by atoms with Crippen molar-refractivity contribution >= 4 is 122 Å². The summed E-state index contributed by atoms with van der Waals surface area (Å²) in [6, 6.07) is 44.1. The number of nitrogens with zero attached hydrogens (tertiary/aromatic N) is 4. The van der Waals surface area contributed by atoms with Gasteiger partial charge < -0.3 is 8.83 Å². The Kier molecular flexibility index (Phi) is 4.58. The number of furan rings is 2. The minimum absolute atomic E-state index is 0.0266. The molecule has 0 saturated heterocycles. The van der Waals surface area contributed by atoms with Crippen LogP contribution in [-0.4, -0.2) is 24.6 Å². The predicted octanol–water partition coefficient (Wildman–Crippen LogP) is 10.3. The Morgan fingerprint density at radius 2 is 1.02 bits per heavy atom. The first-order chi connectivity index (χ1) is 27.6. The monoisotopic (exact) mass is 716 g/mol. The first-order valence-electron chi connectivity index (χ1n) is 19.5. The molecule has 7 aromatic carbocycles. The molecule has 2 aliphatic heterocycles. The van der Waals surface area contributed by atoms with E-state index in [1.807, 2.05) is 0 Å². The third kappa shape index (κ3) is 2.86. The van der Waals surface area contributed by atoms with Crippen LogP contribution in [0.5, 0.6) is 0 Å². The minimum atomic E-state index is -0.0266. The van der Waals surface area contributed by atoms with Gasteiger partial charge in [0, 0.05) is 33.6 Å². The van der Waals surface area contributed by atoms with E-state index in [2.05, 4.69) is 160 Å². The second-order valence-electron chi connectivity index (χ2n) is 16.1. The Morgan fingerprint density at radius 1 is 0.411 bits per heavy atom. The van der Waals surface area contributed by atoms with Crippen LogP contribution in [0, 0.1) is 20.8 Å². The SMILES string of the molecule is Cc1c(C)c2c3c(c1C)-n1c4ccc5oc6ccccc6c5c4n4c5ccccc5c(c14)B3c1c3cc4c(cc3n3c5ccccc5n-2c13)oc1ccccc14. The van der Waals surface area contributed by atoms with E-state index in [0.717, 1.165) is 43.9 Å². The maximum Gasteiger partial charge on any atom is 0.258 e. The summed E-state index contributed by atoms with van der Waals surface area (Å²) < 4.78 is 23.4. The third-order valence-electron chi connectivity index (χ3n) is 13.8. The molecule has 56 heavy (non-hydrogen) atoms. The van der Waals surface area contributed by atoms with Gasteiger partial charge in [-0.05, 0) is 113 Å². The molecule has 0 spiro atoms. The van der Waals surface area contributed by atoms with Crippen LogP contribution in [-0.2, 0) is 0 Å². The Labute approximate surface area is 318 Å². The lowest BCUT2D eigenvalue weighted by atomic mass is 9.34. The number of aromatic nitrogens is 4. The van der Waals surface area contributed by atoms with Crippen molar-refractivity contribution in [2.45, 2.75) is 20.8 Å². The number of para-hydroxylation sites is 5. The number of benzene rings is 7. The molecule has 260 valence electrons. The Morgan fingerprint density at radius 3 is 1.82 bits per heavy atom. The molecule has 0 N–H and O–H groups in total. The fraction of sp³-hybridized carbons (Fsp3) is 0.0612. The van der Waals surface area contributed by atoms with Crippen molar-refractivity contribution in [3.8, 4) is 11.4 Å². The zero-order valence-corrected chi connectivity index (χ0v) is 30.7. The van der Waals surface area contributed by atoms with E-state index >= 15 is 0 Å². The molecular weight excluding hydrogens is 687 g/mol. The molecule has 6 aromatic heterocycles. The highest BCUT2D eigenvalue weighted by atomic mass is 16.3. The van der Waals surface area contributed by atoms with E-state index in [1.165, 1.54) is 99.6 Å². The van der Waals surface area contributed by atoms with Crippen LogP contribution in [0.4, 0.5) is 0 Å². The summed E-state index contributed by atoms with van der Waals surface area (Å²) in [5, 5.41) is 7.16. The molecule has 0 amide bonds. The van der Waals surface area contributed by atoms with Crippen LogP contribution < -0.4 is 16.4 Å². The third-order valence-corrected chi connectivity index (χ3v) is 13.8.